The number of piperidine rings is 1. The number of nitrogens with one attached hydrogen (secondary N) is 1. The Morgan fingerprint density at radius 1 is 1.30 bits per heavy atom. The van der Waals surface area contributed by atoms with E-state index in [4.69, 9.17) is 0 Å². The van der Waals surface area contributed by atoms with E-state index in [1.54, 1.807) is 27.6 Å². The van der Waals surface area contributed by atoms with Crippen LogP contribution in [0.1, 0.15) is 12.8 Å². The van der Waals surface area contributed by atoms with Crippen LogP contribution in [0.5, 0.6) is 0 Å². The summed E-state index contributed by atoms with van der Waals surface area (Å²) in [7, 11) is -3.07. The molecule has 1 aliphatic rings. The molecule has 9 heteroatoms. The summed E-state index contributed by atoms with van der Waals surface area (Å²) in [4.78, 5) is 8.65. The van der Waals surface area contributed by atoms with Gasteiger partial charge in [0.15, 0.2) is 5.82 Å². The van der Waals surface area contributed by atoms with Crippen molar-refractivity contribution in [3.05, 3.63) is 30.9 Å². The van der Waals surface area contributed by atoms with E-state index in [1.807, 2.05) is 12.3 Å². The van der Waals surface area contributed by atoms with E-state index in [1.165, 1.54) is 6.26 Å². The first-order chi connectivity index (χ1) is 11.0. The second kappa shape index (κ2) is 6.63. The second-order valence-corrected chi connectivity index (χ2v) is 7.68. The molecular formula is C14H20N6O2S. The second-order valence-electron chi connectivity index (χ2n) is 5.70. The van der Waals surface area contributed by atoms with Gasteiger partial charge in [0.05, 0.1) is 18.6 Å². The molecular weight excluding hydrogens is 316 g/mol. The summed E-state index contributed by atoms with van der Waals surface area (Å²) in [5.41, 5.74) is 0. The Bertz CT molecular complexity index is 738. The SMILES string of the molecule is CS(=O)(=O)N1CCC(CNc2cncc(-n3cccn3)n2)CC1. The third-order valence-electron chi connectivity index (χ3n) is 3.98. The highest BCUT2D eigenvalue weighted by Crippen LogP contribution is 2.19. The van der Waals surface area contributed by atoms with E-state index >= 15 is 0 Å². The van der Waals surface area contributed by atoms with Crippen molar-refractivity contribution in [1.82, 2.24) is 24.1 Å². The van der Waals surface area contributed by atoms with Gasteiger partial charge in [0.25, 0.3) is 0 Å². The third kappa shape index (κ3) is 4.05. The molecule has 0 atom stereocenters. The zero-order valence-corrected chi connectivity index (χ0v) is 13.8. The lowest BCUT2D eigenvalue weighted by atomic mass is 9.98. The molecule has 0 amide bonds. The van der Waals surface area contributed by atoms with Crippen LogP contribution in [0, 0.1) is 5.92 Å². The summed E-state index contributed by atoms with van der Waals surface area (Å²) in [6.45, 7) is 1.93. The van der Waals surface area contributed by atoms with Gasteiger partial charge in [-0.1, -0.05) is 0 Å². The van der Waals surface area contributed by atoms with Crippen LogP contribution in [-0.2, 0) is 10.0 Å². The van der Waals surface area contributed by atoms with Gasteiger partial charge in [0.2, 0.25) is 10.0 Å². The van der Waals surface area contributed by atoms with Crippen LogP contribution < -0.4 is 5.32 Å². The van der Waals surface area contributed by atoms with Crippen molar-refractivity contribution in [1.29, 1.82) is 0 Å². The molecule has 0 saturated carbocycles. The fourth-order valence-corrected chi connectivity index (χ4v) is 3.52. The molecule has 0 radical (unpaired) electrons. The zero-order chi connectivity index (χ0) is 16.3. The lowest BCUT2D eigenvalue weighted by Gasteiger charge is -2.30. The molecule has 2 aromatic rings. The number of anilines is 1. The zero-order valence-electron chi connectivity index (χ0n) is 13.0. The molecule has 1 N–H and O–H groups in total. The Morgan fingerprint density at radius 2 is 2.09 bits per heavy atom. The van der Waals surface area contributed by atoms with Crippen molar-refractivity contribution in [3.8, 4) is 5.82 Å². The van der Waals surface area contributed by atoms with Crippen molar-refractivity contribution in [2.45, 2.75) is 12.8 Å². The number of hydrogen-bond donors (Lipinski definition) is 1. The Morgan fingerprint density at radius 3 is 2.74 bits per heavy atom. The molecule has 0 unspecified atom stereocenters. The Labute approximate surface area is 135 Å². The van der Waals surface area contributed by atoms with E-state index in [9.17, 15) is 8.42 Å². The van der Waals surface area contributed by atoms with Gasteiger partial charge in [-0.15, -0.1) is 0 Å². The summed E-state index contributed by atoms with van der Waals surface area (Å²) in [5, 5.41) is 7.42. The van der Waals surface area contributed by atoms with Crippen molar-refractivity contribution in [3.63, 3.8) is 0 Å². The first-order valence-corrected chi connectivity index (χ1v) is 9.38. The summed E-state index contributed by atoms with van der Waals surface area (Å²) in [5.74, 6) is 1.79. The minimum atomic E-state index is -3.07. The summed E-state index contributed by atoms with van der Waals surface area (Å²) < 4.78 is 26.2. The van der Waals surface area contributed by atoms with Crippen LogP contribution in [0.2, 0.25) is 0 Å². The summed E-state index contributed by atoms with van der Waals surface area (Å²) in [6, 6.07) is 1.83. The van der Waals surface area contributed by atoms with Gasteiger partial charge in [-0.3, -0.25) is 4.98 Å². The van der Waals surface area contributed by atoms with Gasteiger partial charge in [-0.25, -0.2) is 22.4 Å². The van der Waals surface area contributed by atoms with Gasteiger partial charge >= 0.3 is 0 Å². The number of aromatic nitrogens is 4. The van der Waals surface area contributed by atoms with Gasteiger partial charge in [-0.05, 0) is 24.8 Å². The van der Waals surface area contributed by atoms with Crippen LogP contribution >= 0.6 is 0 Å². The monoisotopic (exact) mass is 336 g/mol. The van der Waals surface area contributed by atoms with Crippen molar-refractivity contribution in [2.75, 3.05) is 31.2 Å². The molecule has 1 fully saturated rings. The maximum Gasteiger partial charge on any atom is 0.211 e. The van der Waals surface area contributed by atoms with E-state index in [0.29, 0.717) is 30.6 Å². The van der Waals surface area contributed by atoms with Crippen molar-refractivity contribution >= 4 is 15.8 Å². The molecule has 8 nitrogen and oxygen atoms in total. The molecule has 0 bridgehead atoms. The largest absolute Gasteiger partial charge is 0.368 e. The molecule has 124 valence electrons. The molecule has 0 spiro atoms. The highest BCUT2D eigenvalue weighted by molar-refractivity contribution is 7.88. The van der Waals surface area contributed by atoms with Crippen LogP contribution in [0.3, 0.4) is 0 Å². The molecule has 3 rings (SSSR count). The van der Waals surface area contributed by atoms with Crippen LogP contribution in [0.25, 0.3) is 5.82 Å². The Kier molecular flexibility index (Phi) is 4.58. The predicted octanol–water partition coefficient (Wildman–Crippen LogP) is 0.746. The van der Waals surface area contributed by atoms with Crippen LogP contribution in [0.4, 0.5) is 5.82 Å². The predicted molar refractivity (Wildman–Crippen MR) is 86.8 cm³/mol. The van der Waals surface area contributed by atoms with Gasteiger partial charge < -0.3 is 5.32 Å². The average Bonchev–Trinajstić information content (AvgIpc) is 3.07. The number of nitrogens with zero attached hydrogens (tertiary/aromatic N) is 5. The molecule has 23 heavy (non-hydrogen) atoms. The van der Waals surface area contributed by atoms with Crippen LogP contribution in [0.15, 0.2) is 30.9 Å². The molecule has 2 aromatic heterocycles. The summed E-state index contributed by atoms with van der Waals surface area (Å²) in [6.07, 6.45) is 9.81. The lowest BCUT2D eigenvalue weighted by molar-refractivity contribution is 0.283. The minimum absolute atomic E-state index is 0.433. The normalized spacial score (nSPS) is 17.3. The molecule has 1 aliphatic heterocycles. The van der Waals surface area contributed by atoms with E-state index in [-0.39, 0.29) is 0 Å². The highest BCUT2D eigenvalue weighted by atomic mass is 32.2. The fraction of sp³-hybridized carbons (Fsp3) is 0.500. The van der Waals surface area contributed by atoms with Gasteiger partial charge in [0, 0.05) is 32.0 Å². The maximum atomic E-state index is 11.5. The van der Waals surface area contributed by atoms with E-state index in [0.717, 1.165) is 19.4 Å². The molecule has 0 aliphatic carbocycles. The van der Waals surface area contributed by atoms with Crippen molar-refractivity contribution < 1.29 is 8.42 Å². The van der Waals surface area contributed by atoms with Gasteiger partial charge in [-0.2, -0.15) is 5.10 Å². The molecule has 1 saturated heterocycles. The average molecular weight is 336 g/mol. The van der Waals surface area contributed by atoms with Crippen molar-refractivity contribution in [2.24, 2.45) is 5.92 Å². The fourth-order valence-electron chi connectivity index (χ4n) is 2.65. The summed E-state index contributed by atoms with van der Waals surface area (Å²) >= 11 is 0. The standard InChI is InChI=1S/C14H20N6O2S/c1-23(21,22)19-7-3-12(4-8-19)9-16-13-10-15-11-14(18-13)20-6-2-5-17-20/h2,5-6,10-12H,3-4,7-9H2,1H3,(H,16,18). The Hall–Kier alpha value is -2.00. The number of rotatable bonds is 5. The van der Waals surface area contributed by atoms with Crippen LogP contribution in [-0.4, -0.2) is 58.4 Å². The topological polar surface area (TPSA) is 93.0 Å². The first-order valence-electron chi connectivity index (χ1n) is 7.53. The molecule has 0 aromatic carbocycles. The number of sulfonamides is 1. The first kappa shape index (κ1) is 15.9. The molecule has 3 heterocycles. The third-order valence-corrected chi connectivity index (χ3v) is 5.28. The van der Waals surface area contributed by atoms with E-state index < -0.39 is 10.0 Å². The number of hydrogen-bond acceptors (Lipinski definition) is 6. The maximum absolute atomic E-state index is 11.5. The lowest BCUT2D eigenvalue weighted by Crippen LogP contribution is -2.39. The van der Waals surface area contributed by atoms with Gasteiger partial charge in [0.1, 0.15) is 5.82 Å². The minimum Gasteiger partial charge on any atom is -0.368 e. The van der Waals surface area contributed by atoms with E-state index in [2.05, 4.69) is 20.4 Å². The quantitative estimate of drug-likeness (QED) is 0.866. The smallest absolute Gasteiger partial charge is 0.211 e. The Balaban J connectivity index is 1.55. The highest BCUT2D eigenvalue weighted by Gasteiger charge is 2.24.